The van der Waals surface area contributed by atoms with Gasteiger partial charge in [0.15, 0.2) is 0 Å². The second-order valence-electron chi connectivity index (χ2n) is 8.28. The largest absolute Gasteiger partial charge is 0.356 e. The van der Waals surface area contributed by atoms with Crippen molar-refractivity contribution in [3.8, 4) is 0 Å². The van der Waals surface area contributed by atoms with Crippen molar-refractivity contribution >= 4 is 0 Å². The first-order valence-corrected chi connectivity index (χ1v) is 10.7. The molecule has 1 heteroatoms. The molecule has 0 amide bonds. The van der Waals surface area contributed by atoms with Gasteiger partial charge in [-0.05, 0) is 22.3 Å². The average molecular weight is 391 g/mol. The molecule has 5 rings (SSSR count). The number of hydrogen-bond acceptors (Lipinski definition) is 1. The lowest BCUT2D eigenvalue weighted by Gasteiger charge is -2.22. The third kappa shape index (κ3) is 3.58. The van der Waals surface area contributed by atoms with Gasteiger partial charge in [-0.25, -0.2) is 0 Å². The second kappa shape index (κ2) is 7.93. The lowest BCUT2D eigenvalue weighted by Crippen LogP contribution is -2.31. The van der Waals surface area contributed by atoms with Crippen LogP contribution >= 0.6 is 0 Å². The molecule has 1 atom stereocenters. The van der Waals surface area contributed by atoms with Crippen LogP contribution in [0.25, 0.3) is 0 Å². The Kier molecular flexibility index (Phi) is 4.98. The van der Waals surface area contributed by atoms with E-state index in [4.69, 9.17) is 4.74 Å². The monoisotopic (exact) mass is 390 g/mol. The molecule has 1 fully saturated rings. The molecule has 0 spiro atoms. The molecule has 0 N–H and O–H groups in total. The van der Waals surface area contributed by atoms with Gasteiger partial charge in [-0.3, -0.25) is 0 Å². The van der Waals surface area contributed by atoms with Gasteiger partial charge in [0.1, 0.15) is 11.2 Å². The van der Waals surface area contributed by atoms with Crippen molar-refractivity contribution in [2.45, 2.75) is 30.5 Å². The van der Waals surface area contributed by atoms with Crippen molar-refractivity contribution in [1.82, 2.24) is 0 Å². The molecule has 1 nitrogen and oxygen atoms in total. The summed E-state index contributed by atoms with van der Waals surface area (Å²) in [6.07, 6.45) is 2.66. The van der Waals surface area contributed by atoms with E-state index in [1.165, 1.54) is 22.3 Å². The second-order valence-corrected chi connectivity index (χ2v) is 8.28. The first-order valence-electron chi connectivity index (χ1n) is 10.7. The van der Waals surface area contributed by atoms with Gasteiger partial charge in [0.2, 0.25) is 0 Å². The predicted molar refractivity (Wildman–Crippen MR) is 122 cm³/mol. The fourth-order valence-corrected chi connectivity index (χ4v) is 4.79. The summed E-state index contributed by atoms with van der Waals surface area (Å²) in [4.78, 5) is 0. The molecule has 0 aromatic heterocycles. The van der Waals surface area contributed by atoms with E-state index in [0.29, 0.717) is 0 Å². The van der Waals surface area contributed by atoms with E-state index < -0.39 is 0 Å². The van der Waals surface area contributed by atoms with Crippen LogP contribution in [0.5, 0.6) is 0 Å². The topological polar surface area (TPSA) is 12.5 Å². The normalized spacial score (nSPS) is 19.3. The Labute approximate surface area is 179 Å². The van der Waals surface area contributed by atoms with E-state index >= 15 is 0 Å². The van der Waals surface area contributed by atoms with Crippen LogP contribution in [0.3, 0.4) is 0 Å². The lowest BCUT2D eigenvalue weighted by molar-refractivity contribution is 0.258. The van der Waals surface area contributed by atoms with Crippen molar-refractivity contribution in [3.63, 3.8) is 0 Å². The van der Waals surface area contributed by atoms with Crippen molar-refractivity contribution in [3.05, 3.63) is 144 Å². The Balaban J connectivity index is 1.59. The number of benzene rings is 4. The Morgan fingerprint density at radius 3 is 1.23 bits per heavy atom. The number of epoxide rings is 1. The molecule has 0 saturated carbocycles. The summed E-state index contributed by atoms with van der Waals surface area (Å²) >= 11 is 0. The van der Waals surface area contributed by atoms with Crippen LogP contribution in [-0.2, 0) is 29.6 Å². The summed E-state index contributed by atoms with van der Waals surface area (Å²) in [5.74, 6) is 0. The zero-order valence-electron chi connectivity index (χ0n) is 17.1. The van der Waals surface area contributed by atoms with Crippen LogP contribution in [0, 0.1) is 0 Å². The van der Waals surface area contributed by atoms with Crippen LogP contribution in [0.1, 0.15) is 22.3 Å². The highest BCUT2D eigenvalue weighted by atomic mass is 16.6. The van der Waals surface area contributed by atoms with E-state index in [1.54, 1.807) is 0 Å². The van der Waals surface area contributed by atoms with E-state index in [0.717, 1.165) is 19.3 Å². The highest BCUT2D eigenvalue weighted by Gasteiger charge is 2.69. The molecule has 0 bridgehead atoms. The van der Waals surface area contributed by atoms with E-state index in [-0.39, 0.29) is 11.2 Å². The predicted octanol–water partition coefficient (Wildman–Crippen LogP) is 6.38. The van der Waals surface area contributed by atoms with Crippen molar-refractivity contribution in [2.75, 3.05) is 0 Å². The molecule has 1 aliphatic heterocycles. The van der Waals surface area contributed by atoms with Crippen LogP contribution < -0.4 is 0 Å². The summed E-state index contributed by atoms with van der Waals surface area (Å²) in [5.41, 5.74) is 4.61. The molecule has 4 aromatic carbocycles. The molecule has 148 valence electrons. The first-order chi connectivity index (χ1) is 14.8. The lowest BCUT2D eigenvalue weighted by atomic mass is 9.75. The Morgan fingerprint density at radius 2 is 0.800 bits per heavy atom. The zero-order valence-corrected chi connectivity index (χ0v) is 17.1. The molecule has 1 saturated heterocycles. The average Bonchev–Trinajstić information content (AvgIpc) is 3.42. The van der Waals surface area contributed by atoms with E-state index in [9.17, 15) is 0 Å². The van der Waals surface area contributed by atoms with Gasteiger partial charge in [-0.2, -0.15) is 0 Å². The SMILES string of the molecule is c1ccc(CC2(Cc3ccccc3)OC2(Cc2ccccc2)c2ccccc2)cc1. The van der Waals surface area contributed by atoms with Gasteiger partial charge < -0.3 is 4.74 Å². The minimum atomic E-state index is -0.332. The van der Waals surface area contributed by atoms with Crippen molar-refractivity contribution in [2.24, 2.45) is 0 Å². The fraction of sp³-hybridized carbons (Fsp3) is 0.172. The van der Waals surface area contributed by atoms with Crippen LogP contribution in [0.2, 0.25) is 0 Å². The summed E-state index contributed by atoms with van der Waals surface area (Å²) in [6.45, 7) is 0. The minimum absolute atomic E-state index is 0.271. The van der Waals surface area contributed by atoms with E-state index in [2.05, 4.69) is 121 Å². The number of rotatable bonds is 7. The maximum atomic E-state index is 6.89. The highest BCUT2D eigenvalue weighted by Crippen LogP contribution is 2.60. The molecule has 1 aliphatic rings. The third-order valence-electron chi connectivity index (χ3n) is 6.26. The summed E-state index contributed by atoms with van der Waals surface area (Å²) in [7, 11) is 0. The molecular formula is C29H26O. The van der Waals surface area contributed by atoms with Crippen LogP contribution in [0.15, 0.2) is 121 Å². The smallest absolute Gasteiger partial charge is 0.128 e. The molecule has 0 aliphatic carbocycles. The molecule has 0 radical (unpaired) electrons. The van der Waals surface area contributed by atoms with Crippen LogP contribution in [0.4, 0.5) is 0 Å². The molecule has 4 aromatic rings. The Morgan fingerprint density at radius 1 is 0.433 bits per heavy atom. The van der Waals surface area contributed by atoms with Crippen LogP contribution in [-0.4, -0.2) is 5.60 Å². The Hall–Kier alpha value is -3.16. The first kappa shape index (κ1) is 18.8. The van der Waals surface area contributed by atoms with Gasteiger partial charge in [0.05, 0.1) is 0 Å². The standard InChI is InChI=1S/C29H26O/c1-5-13-24(14-6-1)21-28(22-25-15-7-2-8-16-25)29(30-28,27-19-11-4-12-20-27)23-26-17-9-3-10-18-26/h1-20H,21-23H2. The summed E-state index contributed by atoms with van der Waals surface area (Å²) in [6, 6.07) is 43.0. The number of hydrogen-bond donors (Lipinski definition) is 0. The summed E-state index contributed by atoms with van der Waals surface area (Å²) < 4.78 is 6.89. The zero-order chi connectivity index (χ0) is 20.3. The number of ether oxygens (including phenoxy) is 1. The summed E-state index contributed by atoms with van der Waals surface area (Å²) in [5, 5.41) is 0. The van der Waals surface area contributed by atoms with Gasteiger partial charge in [-0.15, -0.1) is 0 Å². The third-order valence-corrected chi connectivity index (χ3v) is 6.26. The highest BCUT2D eigenvalue weighted by molar-refractivity contribution is 5.41. The van der Waals surface area contributed by atoms with E-state index in [1.807, 2.05) is 0 Å². The quantitative estimate of drug-likeness (QED) is 0.334. The molecule has 1 heterocycles. The van der Waals surface area contributed by atoms with Gasteiger partial charge in [0, 0.05) is 19.3 Å². The Bertz CT molecular complexity index is 1030. The molecule has 1 unspecified atom stereocenters. The van der Waals surface area contributed by atoms with Crippen molar-refractivity contribution in [1.29, 1.82) is 0 Å². The fourth-order valence-electron chi connectivity index (χ4n) is 4.79. The maximum absolute atomic E-state index is 6.89. The minimum Gasteiger partial charge on any atom is -0.356 e. The maximum Gasteiger partial charge on any atom is 0.128 e. The van der Waals surface area contributed by atoms with Gasteiger partial charge in [0.25, 0.3) is 0 Å². The van der Waals surface area contributed by atoms with Gasteiger partial charge in [-0.1, -0.05) is 121 Å². The molecule has 30 heavy (non-hydrogen) atoms. The molecular weight excluding hydrogens is 364 g/mol. The van der Waals surface area contributed by atoms with Gasteiger partial charge >= 0.3 is 0 Å². The van der Waals surface area contributed by atoms with Crippen molar-refractivity contribution < 1.29 is 4.74 Å².